The molecule has 0 aliphatic rings. The number of halogens is 3. The highest BCUT2D eigenvalue weighted by Gasteiger charge is 2.26. The van der Waals surface area contributed by atoms with Gasteiger partial charge in [0.15, 0.2) is 0 Å². The normalized spacial score (nSPS) is 12.2. The van der Waals surface area contributed by atoms with E-state index in [0.29, 0.717) is 30.9 Å². The molecule has 10 nitrogen and oxygen atoms in total. The molecule has 1 heterocycles. The molecule has 2 rings (SSSR count). The first-order valence-electron chi connectivity index (χ1n) is 11.5. The number of ether oxygens (including phenoxy) is 3. The smallest absolute Gasteiger partial charge is 0.389 e. The maximum absolute atomic E-state index is 12.4. The van der Waals surface area contributed by atoms with Gasteiger partial charge < -0.3 is 19.5 Å². The topological polar surface area (TPSA) is 114 Å². The molecule has 0 saturated carbocycles. The van der Waals surface area contributed by atoms with Crippen LogP contribution < -0.4 is 26.0 Å². The lowest BCUT2D eigenvalue weighted by Gasteiger charge is -2.15. The Morgan fingerprint density at radius 1 is 1.14 bits per heavy atom. The van der Waals surface area contributed by atoms with Crippen LogP contribution in [0.4, 0.5) is 19.0 Å². The zero-order valence-electron chi connectivity index (χ0n) is 20.5. The van der Waals surface area contributed by atoms with Gasteiger partial charge in [0, 0.05) is 33.0 Å². The molecule has 36 heavy (non-hydrogen) atoms. The first kappa shape index (κ1) is 28.7. The Morgan fingerprint density at radius 3 is 2.44 bits per heavy atom. The van der Waals surface area contributed by atoms with Crippen LogP contribution in [0.1, 0.15) is 39.5 Å². The number of hydrogen-bond acceptors (Lipinski definition) is 8. The van der Waals surface area contributed by atoms with Crippen molar-refractivity contribution in [3.63, 3.8) is 0 Å². The molecular formula is C23H31F3N4O6. The molecule has 200 valence electrons. The van der Waals surface area contributed by atoms with Gasteiger partial charge in [0.05, 0.1) is 6.61 Å². The molecule has 1 aromatic heterocycles. The fourth-order valence-electron chi connectivity index (χ4n) is 2.97. The Balaban J connectivity index is 1.79. The SMILES string of the molecule is CCC(=O)OCC(C)Oc1ccc(OCCCNc2nn(CCCC(F)(F)F)c(=O)n(C)c2=O)cc1. The molecule has 0 aliphatic heterocycles. The predicted molar refractivity (Wildman–Crippen MR) is 125 cm³/mol. The van der Waals surface area contributed by atoms with Gasteiger partial charge >= 0.3 is 17.8 Å². The molecule has 1 aromatic carbocycles. The minimum Gasteiger partial charge on any atom is -0.494 e. The van der Waals surface area contributed by atoms with Gasteiger partial charge in [-0.1, -0.05) is 6.92 Å². The van der Waals surface area contributed by atoms with Crippen molar-refractivity contribution in [3.8, 4) is 11.5 Å². The standard InChI is InChI=1S/C23H31F3N4O6/c1-4-19(31)35-15-16(2)36-18-9-7-17(8-10-18)34-14-6-12-27-20-21(32)29(3)22(33)30(28-20)13-5-11-23(24,25)26/h7-10,16H,4-6,11-15H2,1-3H3,(H,27,28). The maximum atomic E-state index is 12.4. The second-order valence-electron chi connectivity index (χ2n) is 8.00. The molecule has 0 saturated heterocycles. The fourth-order valence-corrected chi connectivity index (χ4v) is 2.97. The summed E-state index contributed by atoms with van der Waals surface area (Å²) >= 11 is 0. The summed E-state index contributed by atoms with van der Waals surface area (Å²) in [6, 6.07) is 6.89. The number of hydrogen-bond donors (Lipinski definition) is 1. The number of carbonyl (C=O) groups is 1. The number of esters is 1. The van der Waals surface area contributed by atoms with Gasteiger partial charge in [-0.3, -0.25) is 14.2 Å². The summed E-state index contributed by atoms with van der Waals surface area (Å²) < 4.78 is 55.1. The van der Waals surface area contributed by atoms with Gasteiger partial charge in [-0.2, -0.15) is 13.2 Å². The summed E-state index contributed by atoms with van der Waals surface area (Å²) in [7, 11) is 1.24. The van der Waals surface area contributed by atoms with E-state index in [0.717, 1.165) is 9.25 Å². The van der Waals surface area contributed by atoms with Gasteiger partial charge in [-0.15, -0.1) is 5.10 Å². The van der Waals surface area contributed by atoms with Crippen molar-refractivity contribution in [3.05, 3.63) is 45.1 Å². The molecule has 0 spiro atoms. The van der Waals surface area contributed by atoms with Gasteiger partial charge in [-0.25, -0.2) is 9.48 Å². The van der Waals surface area contributed by atoms with Crippen LogP contribution in [-0.4, -0.2) is 52.4 Å². The molecule has 1 N–H and O–H groups in total. The highest BCUT2D eigenvalue weighted by atomic mass is 19.4. The van der Waals surface area contributed by atoms with E-state index in [9.17, 15) is 27.6 Å². The molecule has 0 radical (unpaired) electrons. The Hall–Kier alpha value is -3.51. The van der Waals surface area contributed by atoms with E-state index in [1.54, 1.807) is 38.1 Å². The van der Waals surface area contributed by atoms with E-state index in [2.05, 4.69) is 10.4 Å². The molecule has 1 atom stereocenters. The molecule has 0 fully saturated rings. The van der Waals surface area contributed by atoms with Gasteiger partial charge in [0.25, 0.3) is 5.56 Å². The zero-order valence-corrected chi connectivity index (χ0v) is 20.5. The second-order valence-corrected chi connectivity index (χ2v) is 8.00. The third kappa shape index (κ3) is 9.62. The molecule has 13 heteroatoms. The Kier molecular flexibility index (Phi) is 10.8. The number of rotatable bonds is 14. The van der Waals surface area contributed by atoms with Crippen LogP contribution in [0, 0.1) is 0 Å². The van der Waals surface area contributed by atoms with Crippen molar-refractivity contribution < 1.29 is 32.2 Å². The molecule has 0 aliphatic carbocycles. The summed E-state index contributed by atoms with van der Waals surface area (Å²) in [6.45, 7) is 4.00. The monoisotopic (exact) mass is 516 g/mol. The Labute approximate surface area is 206 Å². The molecule has 0 amide bonds. The number of aromatic nitrogens is 3. The van der Waals surface area contributed by atoms with Crippen molar-refractivity contribution >= 4 is 11.8 Å². The number of carbonyl (C=O) groups excluding carboxylic acids is 1. The molecular weight excluding hydrogens is 485 g/mol. The number of anilines is 1. The van der Waals surface area contributed by atoms with Gasteiger partial charge in [0.1, 0.15) is 24.2 Å². The van der Waals surface area contributed by atoms with Crippen LogP contribution in [-0.2, 0) is 23.1 Å². The first-order valence-corrected chi connectivity index (χ1v) is 11.5. The van der Waals surface area contributed by atoms with E-state index < -0.39 is 23.8 Å². The van der Waals surface area contributed by atoms with Crippen LogP contribution in [0.25, 0.3) is 0 Å². The van der Waals surface area contributed by atoms with Crippen molar-refractivity contribution in [1.29, 1.82) is 0 Å². The highest BCUT2D eigenvalue weighted by molar-refractivity contribution is 5.68. The second kappa shape index (κ2) is 13.5. The summed E-state index contributed by atoms with van der Waals surface area (Å²) in [5.74, 6) is 0.780. The van der Waals surface area contributed by atoms with Crippen LogP contribution in [0.3, 0.4) is 0 Å². The molecule has 2 aromatic rings. The van der Waals surface area contributed by atoms with Gasteiger partial charge in [-0.05, 0) is 44.0 Å². The predicted octanol–water partition coefficient (Wildman–Crippen LogP) is 2.89. The van der Waals surface area contributed by atoms with E-state index in [-0.39, 0.29) is 44.0 Å². The van der Waals surface area contributed by atoms with Crippen LogP contribution in [0.15, 0.2) is 33.9 Å². The average molecular weight is 517 g/mol. The lowest BCUT2D eigenvalue weighted by atomic mass is 10.3. The average Bonchev–Trinajstić information content (AvgIpc) is 2.83. The third-order valence-electron chi connectivity index (χ3n) is 4.88. The number of alkyl halides is 3. The lowest BCUT2D eigenvalue weighted by molar-refractivity contribution is -0.145. The van der Waals surface area contributed by atoms with Gasteiger partial charge in [0.2, 0.25) is 5.82 Å². The van der Waals surface area contributed by atoms with Crippen molar-refractivity contribution in [1.82, 2.24) is 14.3 Å². The molecule has 0 bridgehead atoms. The maximum Gasteiger partial charge on any atom is 0.389 e. The van der Waals surface area contributed by atoms with E-state index in [1.807, 2.05) is 0 Å². The first-order chi connectivity index (χ1) is 17.0. The Morgan fingerprint density at radius 2 is 1.81 bits per heavy atom. The molecule has 1 unspecified atom stereocenters. The van der Waals surface area contributed by atoms with E-state index in [4.69, 9.17) is 14.2 Å². The summed E-state index contributed by atoms with van der Waals surface area (Å²) in [5, 5.41) is 6.69. The van der Waals surface area contributed by atoms with Crippen LogP contribution in [0.2, 0.25) is 0 Å². The minimum absolute atomic E-state index is 0.121. The lowest BCUT2D eigenvalue weighted by Crippen LogP contribution is -2.41. The largest absolute Gasteiger partial charge is 0.494 e. The zero-order chi connectivity index (χ0) is 26.7. The minimum atomic E-state index is -4.33. The summed E-state index contributed by atoms with van der Waals surface area (Å²) in [5.41, 5.74) is -1.44. The Bertz CT molecular complexity index is 1100. The van der Waals surface area contributed by atoms with Crippen LogP contribution >= 0.6 is 0 Å². The van der Waals surface area contributed by atoms with Crippen molar-refractivity contribution in [2.75, 3.05) is 25.1 Å². The van der Waals surface area contributed by atoms with E-state index in [1.165, 1.54) is 7.05 Å². The highest BCUT2D eigenvalue weighted by Crippen LogP contribution is 2.21. The summed E-state index contributed by atoms with van der Waals surface area (Å²) in [4.78, 5) is 35.5. The van der Waals surface area contributed by atoms with Crippen LogP contribution in [0.5, 0.6) is 11.5 Å². The van der Waals surface area contributed by atoms with E-state index >= 15 is 0 Å². The number of nitrogens with zero attached hydrogens (tertiary/aromatic N) is 3. The van der Waals surface area contributed by atoms with Crippen molar-refractivity contribution in [2.45, 2.75) is 58.4 Å². The quantitative estimate of drug-likeness (QED) is 0.301. The number of aryl methyl sites for hydroxylation is 1. The fraction of sp³-hybridized carbons (Fsp3) is 0.565. The van der Waals surface area contributed by atoms with Crippen molar-refractivity contribution in [2.24, 2.45) is 7.05 Å². The summed E-state index contributed by atoms with van der Waals surface area (Å²) in [6.07, 6.45) is -5.22. The number of nitrogens with one attached hydrogen (secondary N) is 1. The number of benzene rings is 1. The third-order valence-corrected chi connectivity index (χ3v) is 4.88.